The number of rotatable bonds is 3. The highest BCUT2D eigenvalue weighted by atomic mass is 15.3. The second-order valence-electron chi connectivity index (χ2n) is 5.50. The minimum atomic E-state index is 0.604. The number of nitrogens with zero attached hydrogens (tertiary/aromatic N) is 3. The van der Waals surface area contributed by atoms with Crippen LogP contribution in [0.25, 0.3) is 0 Å². The highest BCUT2D eigenvalue weighted by molar-refractivity contribution is 5.93. The SMILES string of the molecule is c1ccc(NC(=NCc2ccccn2)N2CCCCC2)cc1. The number of aromatic nitrogens is 1. The smallest absolute Gasteiger partial charge is 0.198 e. The van der Waals surface area contributed by atoms with Crippen molar-refractivity contribution >= 4 is 11.6 Å². The van der Waals surface area contributed by atoms with Gasteiger partial charge in [-0.05, 0) is 43.5 Å². The Morgan fingerprint density at radius 3 is 2.50 bits per heavy atom. The maximum Gasteiger partial charge on any atom is 0.198 e. The van der Waals surface area contributed by atoms with E-state index in [1.165, 1.54) is 19.3 Å². The average molecular weight is 294 g/mol. The second kappa shape index (κ2) is 7.59. The number of nitrogens with one attached hydrogen (secondary N) is 1. The van der Waals surface area contributed by atoms with Crippen LogP contribution in [0.3, 0.4) is 0 Å². The Morgan fingerprint density at radius 1 is 1.00 bits per heavy atom. The Kier molecular flexibility index (Phi) is 5.03. The number of likely N-dealkylation sites (tertiary alicyclic amines) is 1. The van der Waals surface area contributed by atoms with Crippen LogP contribution < -0.4 is 5.32 Å². The standard InChI is InChI=1S/C18H22N4/c1-3-9-16(10-4-1)21-18(22-13-7-2-8-14-22)20-15-17-11-5-6-12-19-17/h1,3-6,9-12H,2,7-8,13-15H2,(H,20,21). The molecule has 3 rings (SSSR count). The molecule has 1 fully saturated rings. The topological polar surface area (TPSA) is 40.5 Å². The van der Waals surface area contributed by atoms with Crippen molar-refractivity contribution in [2.45, 2.75) is 25.8 Å². The molecule has 1 aromatic heterocycles. The summed E-state index contributed by atoms with van der Waals surface area (Å²) in [7, 11) is 0. The van der Waals surface area contributed by atoms with Crippen molar-refractivity contribution in [3.63, 3.8) is 0 Å². The van der Waals surface area contributed by atoms with Crippen molar-refractivity contribution in [3.8, 4) is 0 Å². The van der Waals surface area contributed by atoms with E-state index in [9.17, 15) is 0 Å². The molecule has 0 aliphatic carbocycles. The van der Waals surface area contributed by atoms with Gasteiger partial charge in [0, 0.05) is 25.0 Å². The van der Waals surface area contributed by atoms with E-state index < -0.39 is 0 Å². The molecule has 0 saturated carbocycles. The van der Waals surface area contributed by atoms with Gasteiger partial charge in [-0.3, -0.25) is 4.98 Å². The van der Waals surface area contributed by atoms with Crippen molar-refractivity contribution in [3.05, 3.63) is 60.4 Å². The van der Waals surface area contributed by atoms with Crippen LogP contribution in [0.2, 0.25) is 0 Å². The van der Waals surface area contributed by atoms with E-state index in [4.69, 9.17) is 4.99 Å². The predicted octanol–water partition coefficient (Wildman–Crippen LogP) is 3.54. The van der Waals surface area contributed by atoms with E-state index in [1.807, 2.05) is 42.6 Å². The molecule has 0 spiro atoms. The number of anilines is 1. The maximum atomic E-state index is 4.78. The highest BCUT2D eigenvalue weighted by Crippen LogP contribution is 2.13. The molecule has 0 bridgehead atoms. The van der Waals surface area contributed by atoms with Crippen LogP contribution in [0.4, 0.5) is 5.69 Å². The molecule has 0 radical (unpaired) electrons. The van der Waals surface area contributed by atoms with Crippen molar-refractivity contribution in [1.29, 1.82) is 0 Å². The van der Waals surface area contributed by atoms with Gasteiger partial charge in [0.05, 0.1) is 12.2 Å². The average Bonchev–Trinajstić information content (AvgIpc) is 2.61. The zero-order valence-corrected chi connectivity index (χ0v) is 12.8. The van der Waals surface area contributed by atoms with Gasteiger partial charge in [-0.15, -0.1) is 0 Å². The van der Waals surface area contributed by atoms with Crippen LogP contribution in [-0.2, 0) is 6.54 Å². The normalized spacial score (nSPS) is 15.6. The molecule has 1 aromatic carbocycles. The van der Waals surface area contributed by atoms with Gasteiger partial charge >= 0.3 is 0 Å². The van der Waals surface area contributed by atoms with Gasteiger partial charge in [0.1, 0.15) is 0 Å². The zero-order chi connectivity index (χ0) is 15.0. The molecule has 1 aliphatic heterocycles. The fourth-order valence-corrected chi connectivity index (χ4v) is 2.62. The van der Waals surface area contributed by atoms with Crippen molar-refractivity contribution in [2.75, 3.05) is 18.4 Å². The first kappa shape index (κ1) is 14.6. The number of benzene rings is 1. The molecule has 4 nitrogen and oxygen atoms in total. The molecule has 0 atom stereocenters. The van der Waals surface area contributed by atoms with Crippen LogP contribution >= 0.6 is 0 Å². The number of piperidine rings is 1. The predicted molar refractivity (Wildman–Crippen MR) is 90.9 cm³/mol. The lowest BCUT2D eigenvalue weighted by atomic mass is 10.1. The van der Waals surface area contributed by atoms with Gasteiger partial charge in [-0.1, -0.05) is 24.3 Å². The minimum Gasteiger partial charge on any atom is -0.343 e. The monoisotopic (exact) mass is 294 g/mol. The van der Waals surface area contributed by atoms with Gasteiger partial charge in [-0.25, -0.2) is 4.99 Å². The van der Waals surface area contributed by atoms with Gasteiger partial charge in [0.25, 0.3) is 0 Å². The van der Waals surface area contributed by atoms with Gasteiger partial charge < -0.3 is 10.2 Å². The van der Waals surface area contributed by atoms with Crippen molar-refractivity contribution < 1.29 is 0 Å². The summed E-state index contributed by atoms with van der Waals surface area (Å²) in [6.45, 7) is 2.74. The molecule has 1 aliphatic rings. The third-order valence-electron chi connectivity index (χ3n) is 3.80. The van der Waals surface area contributed by atoms with Crippen LogP contribution in [0.15, 0.2) is 59.7 Å². The molecule has 0 amide bonds. The highest BCUT2D eigenvalue weighted by Gasteiger charge is 2.15. The van der Waals surface area contributed by atoms with E-state index in [2.05, 4.69) is 27.3 Å². The van der Waals surface area contributed by atoms with Crippen molar-refractivity contribution in [2.24, 2.45) is 4.99 Å². The first-order valence-electron chi connectivity index (χ1n) is 7.93. The maximum absolute atomic E-state index is 4.78. The summed E-state index contributed by atoms with van der Waals surface area (Å²) in [6, 6.07) is 16.2. The Bertz CT molecular complexity index is 589. The summed E-state index contributed by atoms with van der Waals surface area (Å²) in [5, 5.41) is 3.47. The zero-order valence-electron chi connectivity index (χ0n) is 12.8. The molecule has 2 aromatic rings. The molecular formula is C18H22N4. The molecule has 4 heteroatoms. The first-order valence-corrected chi connectivity index (χ1v) is 7.93. The van der Waals surface area contributed by atoms with E-state index in [-0.39, 0.29) is 0 Å². The van der Waals surface area contributed by atoms with Gasteiger partial charge in [0.15, 0.2) is 5.96 Å². The number of aliphatic imine (C=N–C) groups is 1. The lowest BCUT2D eigenvalue weighted by molar-refractivity contribution is 0.340. The summed E-state index contributed by atoms with van der Waals surface area (Å²) in [5.74, 6) is 0.955. The largest absolute Gasteiger partial charge is 0.343 e. The third kappa shape index (κ3) is 4.07. The molecule has 114 valence electrons. The summed E-state index contributed by atoms with van der Waals surface area (Å²) in [6.07, 6.45) is 5.60. The Labute approximate surface area is 131 Å². The second-order valence-corrected chi connectivity index (χ2v) is 5.50. The Morgan fingerprint density at radius 2 is 1.77 bits per heavy atom. The summed E-state index contributed by atoms with van der Waals surface area (Å²) in [5.41, 5.74) is 2.07. The Hall–Kier alpha value is -2.36. The van der Waals surface area contributed by atoms with Crippen molar-refractivity contribution in [1.82, 2.24) is 9.88 Å². The van der Waals surface area contributed by atoms with E-state index in [0.29, 0.717) is 6.54 Å². The lowest BCUT2D eigenvalue weighted by Crippen LogP contribution is -2.40. The molecule has 1 N–H and O–H groups in total. The minimum absolute atomic E-state index is 0.604. The number of guanidine groups is 1. The summed E-state index contributed by atoms with van der Waals surface area (Å²) >= 11 is 0. The summed E-state index contributed by atoms with van der Waals surface area (Å²) < 4.78 is 0. The molecular weight excluding hydrogens is 272 g/mol. The van der Waals surface area contributed by atoms with Crippen LogP contribution in [0, 0.1) is 0 Å². The third-order valence-corrected chi connectivity index (χ3v) is 3.80. The van der Waals surface area contributed by atoms with E-state index >= 15 is 0 Å². The fourth-order valence-electron chi connectivity index (χ4n) is 2.62. The van der Waals surface area contributed by atoms with E-state index in [1.54, 1.807) is 0 Å². The Balaban J connectivity index is 1.75. The first-order chi connectivity index (χ1) is 10.9. The molecule has 0 unspecified atom stereocenters. The van der Waals surface area contributed by atoms with Crippen LogP contribution in [-0.4, -0.2) is 28.9 Å². The summed E-state index contributed by atoms with van der Waals surface area (Å²) in [4.78, 5) is 11.5. The van der Waals surface area contributed by atoms with E-state index in [0.717, 1.165) is 30.4 Å². The quantitative estimate of drug-likeness (QED) is 0.695. The lowest BCUT2D eigenvalue weighted by Gasteiger charge is -2.30. The number of hydrogen-bond donors (Lipinski definition) is 1. The van der Waals surface area contributed by atoms with Gasteiger partial charge in [-0.2, -0.15) is 0 Å². The fraction of sp³-hybridized carbons (Fsp3) is 0.333. The molecule has 2 heterocycles. The van der Waals surface area contributed by atoms with Crippen LogP contribution in [0.5, 0.6) is 0 Å². The number of pyridine rings is 1. The van der Waals surface area contributed by atoms with Crippen LogP contribution in [0.1, 0.15) is 25.0 Å². The van der Waals surface area contributed by atoms with Gasteiger partial charge in [0.2, 0.25) is 0 Å². The molecule has 1 saturated heterocycles. The number of hydrogen-bond acceptors (Lipinski definition) is 2. The molecule has 22 heavy (non-hydrogen) atoms. The number of para-hydroxylation sites is 1.